The quantitative estimate of drug-likeness (QED) is 0.494. The van der Waals surface area contributed by atoms with Crippen molar-refractivity contribution in [2.75, 3.05) is 26.7 Å². The number of aromatic nitrogens is 1. The van der Waals surface area contributed by atoms with Gasteiger partial charge in [0.15, 0.2) is 0 Å². The first-order valence-corrected chi connectivity index (χ1v) is 12.9. The smallest absolute Gasteiger partial charge is 0.259 e. The van der Waals surface area contributed by atoms with Crippen LogP contribution in [0.5, 0.6) is 5.88 Å². The zero-order chi connectivity index (χ0) is 27.9. The van der Waals surface area contributed by atoms with E-state index in [1.54, 1.807) is 48.0 Å². The molecular weight excluding hydrogens is 497 g/mol. The van der Waals surface area contributed by atoms with Gasteiger partial charge >= 0.3 is 0 Å². The van der Waals surface area contributed by atoms with Crippen LogP contribution in [0.2, 0.25) is 0 Å². The minimum atomic E-state index is -0.460. The number of carbonyl (C=O) groups is 2. The molecule has 0 saturated carbocycles. The number of likely N-dealkylation sites (N-methyl/N-ethyl adjacent to an activating group) is 1. The summed E-state index contributed by atoms with van der Waals surface area (Å²) in [6, 6.07) is 16.8. The molecule has 2 heterocycles. The third-order valence-corrected chi connectivity index (χ3v) is 6.81. The van der Waals surface area contributed by atoms with Crippen molar-refractivity contribution in [3.05, 3.63) is 94.9 Å². The lowest BCUT2D eigenvalue weighted by Gasteiger charge is -2.37. The van der Waals surface area contributed by atoms with Gasteiger partial charge in [-0.15, -0.1) is 0 Å². The Morgan fingerprint density at radius 3 is 2.64 bits per heavy atom. The van der Waals surface area contributed by atoms with Crippen molar-refractivity contribution in [3.8, 4) is 17.7 Å². The van der Waals surface area contributed by atoms with Crippen LogP contribution in [0.15, 0.2) is 66.9 Å². The third-order valence-electron chi connectivity index (χ3n) is 6.81. The van der Waals surface area contributed by atoms with Gasteiger partial charge in [0, 0.05) is 31.3 Å². The molecule has 0 saturated heterocycles. The molecule has 39 heavy (non-hydrogen) atoms. The Morgan fingerprint density at radius 1 is 1.21 bits per heavy atom. The van der Waals surface area contributed by atoms with Gasteiger partial charge in [0.25, 0.3) is 5.91 Å². The SMILES string of the molecule is C[C@@H]1CN([C@@H](C)CO)C(=O)c2cc(C#Cc3ccccc3F)cnc2O[C@H]1CN(C)C(=O)Cc1ccccc1. The van der Waals surface area contributed by atoms with E-state index in [1.165, 1.54) is 12.3 Å². The number of rotatable bonds is 6. The molecule has 0 bridgehead atoms. The van der Waals surface area contributed by atoms with Gasteiger partial charge in [0.2, 0.25) is 11.8 Å². The average Bonchev–Trinajstić information content (AvgIpc) is 2.94. The first kappa shape index (κ1) is 27.8. The van der Waals surface area contributed by atoms with Gasteiger partial charge in [-0.3, -0.25) is 9.59 Å². The number of hydrogen-bond acceptors (Lipinski definition) is 5. The third kappa shape index (κ3) is 6.81. The van der Waals surface area contributed by atoms with E-state index < -0.39 is 18.0 Å². The van der Waals surface area contributed by atoms with E-state index in [0.29, 0.717) is 18.7 Å². The lowest BCUT2D eigenvalue weighted by atomic mass is 9.99. The van der Waals surface area contributed by atoms with E-state index in [0.717, 1.165) is 5.56 Å². The number of fused-ring (bicyclic) bond motifs is 1. The molecule has 3 atom stereocenters. The molecule has 0 radical (unpaired) electrons. The van der Waals surface area contributed by atoms with Crippen LogP contribution >= 0.6 is 0 Å². The minimum Gasteiger partial charge on any atom is -0.472 e. The molecule has 1 aliphatic heterocycles. The fourth-order valence-corrected chi connectivity index (χ4v) is 4.37. The van der Waals surface area contributed by atoms with Crippen molar-refractivity contribution < 1.29 is 23.8 Å². The molecule has 0 aliphatic carbocycles. The van der Waals surface area contributed by atoms with Crippen LogP contribution < -0.4 is 4.74 Å². The highest BCUT2D eigenvalue weighted by Gasteiger charge is 2.34. The maximum absolute atomic E-state index is 14.0. The number of aliphatic hydroxyl groups is 1. The number of hydrogen-bond donors (Lipinski definition) is 1. The molecule has 1 aliphatic rings. The van der Waals surface area contributed by atoms with E-state index >= 15 is 0 Å². The second-order valence-corrected chi connectivity index (χ2v) is 9.87. The van der Waals surface area contributed by atoms with Crippen molar-refractivity contribution in [1.82, 2.24) is 14.8 Å². The summed E-state index contributed by atoms with van der Waals surface area (Å²) >= 11 is 0. The zero-order valence-corrected chi connectivity index (χ0v) is 22.3. The standard InChI is InChI=1S/C31H32FN3O4/c1-21-18-35(22(2)20-36)31(38)26-15-24(13-14-25-11-7-8-12-27(25)32)17-33-30(26)39-28(21)19-34(3)29(37)16-23-9-5-4-6-10-23/h4-12,15,17,21-22,28,36H,16,18-20H2,1-3H3/t21-,22+,28+/m1/s1. The maximum Gasteiger partial charge on any atom is 0.259 e. The van der Waals surface area contributed by atoms with E-state index in [4.69, 9.17) is 4.74 Å². The Labute approximate surface area is 228 Å². The van der Waals surface area contributed by atoms with Gasteiger partial charge < -0.3 is 19.6 Å². The largest absolute Gasteiger partial charge is 0.472 e. The van der Waals surface area contributed by atoms with Crippen LogP contribution in [-0.4, -0.2) is 70.6 Å². The first-order valence-electron chi connectivity index (χ1n) is 12.9. The predicted molar refractivity (Wildman–Crippen MR) is 146 cm³/mol. The van der Waals surface area contributed by atoms with Gasteiger partial charge in [-0.1, -0.05) is 61.2 Å². The van der Waals surface area contributed by atoms with Gasteiger partial charge in [-0.25, -0.2) is 9.37 Å². The van der Waals surface area contributed by atoms with Crippen LogP contribution in [-0.2, 0) is 11.2 Å². The second kappa shape index (κ2) is 12.5. The number of benzene rings is 2. The van der Waals surface area contributed by atoms with Crippen molar-refractivity contribution in [1.29, 1.82) is 0 Å². The number of amides is 2. The van der Waals surface area contributed by atoms with Crippen molar-refractivity contribution >= 4 is 11.8 Å². The Balaban J connectivity index is 1.62. The molecule has 3 aromatic rings. The molecule has 7 nitrogen and oxygen atoms in total. The van der Waals surface area contributed by atoms with Crippen LogP contribution in [0.25, 0.3) is 0 Å². The molecule has 0 unspecified atom stereocenters. The Hall–Kier alpha value is -4.22. The summed E-state index contributed by atoms with van der Waals surface area (Å²) in [7, 11) is 1.73. The normalized spacial score (nSPS) is 17.6. The van der Waals surface area contributed by atoms with Crippen molar-refractivity contribution in [2.45, 2.75) is 32.4 Å². The van der Waals surface area contributed by atoms with Gasteiger partial charge in [-0.2, -0.15) is 0 Å². The number of carbonyl (C=O) groups excluding carboxylic acids is 2. The van der Waals surface area contributed by atoms with Crippen LogP contribution in [0, 0.1) is 23.6 Å². The lowest BCUT2D eigenvalue weighted by molar-refractivity contribution is -0.130. The average molecular weight is 530 g/mol. The molecular formula is C31H32FN3O4. The predicted octanol–water partition coefficient (Wildman–Crippen LogP) is 3.54. The fourth-order valence-electron chi connectivity index (χ4n) is 4.37. The molecule has 1 aromatic heterocycles. The highest BCUT2D eigenvalue weighted by atomic mass is 19.1. The Kier molecular flexibility index (Phi) is 8.95. The number of pyridine rings is 1. The monoisotopic (exact) mass is 529 g/mol. The summed E-state index contributed by atoms with van der Waals surface area (Å²) in [5, 5.41) is 9.86. The topological polar surface area (TPSA) is 83.0 Å². The van der Waals surface area contributed by atoms with Gasteiger partial charge in [0.05, 0.1) is 31.2 Å². The number of aliphatic hydroxyl groups excluding tert-OH is 1. The molecule has 2 aromatic carbocycles. The van der Waals surface area contributed by atoms with E-state index in [9.17, 15) is 19.1 Å². The molecule has 202 valence electrons. The Morgan fingerprint density at radius 2 is 1.92 bits per heavy atom. The summed E-state index contributed by atoms with van der Waals surface area (Å²) in [5.74, 6) is 4.80. The van der Waals surface area contributed by atoms with Crippen molar-refractivity contribution in [2.24, 2.45) is 5.92 Å². The summed E-state index contributed by atoms with van der Waals surface area (Å²) < 4.78 is 20.3. The van der Waals surface area contributed by atoms with Crippen LogP contribution in [0.4, 0.5) is 4.39 Å². The molecule has 0 spiro atoms. The van der Waals surface area contributed by atoms with E-state index in [-0.39, 0.29) is 47.8 Å². The van der Waals surface area contributed by atoms with Gasteiger partial charge in [-0.05, 0) is 30.7 Å². The first-order chi connectivity index (χ1) is 18.8. The maximum atomic E-state index is 14.0. The summed E-state index contributed by atoms with van der Waals surface area (Å²) in [6.45, 7) is 4.11. The molecule has 0 fully saturated rings. The second-order valence-electron chi connectivity index (χ2n) is 9.87. The lowest BCUT2D eigenvalue weighted by Crippen LogP contribution is -2.50. The number of ether oxygens (including phenoxy) is 1. The highest BCUT2D eigenvalue weighted by molar-refractivity contribution is 5.97. The van der Waals surface area contributed by atoms with Gasteiger partial charge in [0.1, 0.15) is 17.5 Å². The molecule has 2 amide bonds. The van der Waals surface area contributed by atoms with E-state index in [1.807, 2.05) is 37.3 Å². The number of halogens is 1. The minimum absolute atomic E-state index is 0.0531. The Bertz CT molecular complexity index is 1390. The van der Waals surface area contributed by atoms with E-state index in [2.05, 4.69) is 16.8 Å². The molecule has 1 N–H and O–H groups in total. The summed E-state index contributed by atoms with van der Waals surface area (Å²) in [6.07, 6.45) is 1.29. The summed E-state index contributed by atoms with van der Waals surface area (Å²) in [4.78, 5) is 34.1. The summed E-state index contributed by atoms with van der Waals surface area (Å²) in [5.41, 5.74) is 1.78. The zero-order valence-electron chi connectivity index (χ0n) is 22.3. The van der Waals surface area contributed by atoms with Crippen LogP contribution in [0.3, 0.4) is 0 Å². The van der Waals surface area contributed by atoms with Crippen molar-refractivity contribution in [3.63, 3.8) is 0 Å². The number of nitrogens with zero attached hydrogens (tertiary/aromatic N) is 3. The molecule has 8 heteroatoms. The molecule has 4 rings (SSSR count). The highest BCUT2D eigenvalue weighted by Crippen LogP contribution is 2.27. The fraction of sp³-hybridized carbons (Fsp3) is 0.323. The van der Waals surface area contributed by atoms with Crippen LogP contribution in [0.1, 0.15) is 40.9 Å².